The monoisotopic (exact) mass is 224 g/mol. The molecule has 0 saturated heterocycles. The molecule has 0 saturated carbocycles. The zero-order valence-corrected chi connectivity index (χ0v) is 9.16. The molecule has 1 atom stereocenters. The van der Waals surface area contributed by atoms with Crippen molar-refractivity contribution in [1.29, 1.82) is 5.26 Å². The number of hydrogen-bond acceptors (Lipinski definition) is 5. The van der Waals surface area contributed by atoms with E-state index in [4.69, 9.17) is 10.4 Å². The minimum absolute atomic E-state index is 0.277. The molecule has 0 radical (unpaired) electrons. The van der Waals surface area contributed by atoms with Gasteiger partial charge in [0.2, 0.25) is 0 Å². The third kappa shape index (κ3) is 3.20. The number of rotatable bonds is 4. The van der Waals surface area contributed by atoms with Crippen LogP contribution in [0.5, 0.6) is 0 Å². The normalized spacial score (nSPS) is 12.1. The van der Waals surface area contributed by atoms with E-state index in [0.29, 0.717) is 16.3 Å². The highest BCUT2D eigenvalue weighted by molar-refractivity contribution is 7.99. The molecule has 0 aromatic carbocycles. The molecule has 1 unspecified atom stereocenters. The van der Waals surface area contributed by atoms with Gasteiger partial charge in [0.1, 0.15) is 11.1 Å². The van der Waals surface area contributed by atoms with E-state index >= 15 is 0 Å². The summed E-state index contributed by atoms with van der Waals surface area (Å²) in [5.41, 5.74) is 1.40. The van der Waals surface area contributed by atoms with Crippen LogP contribution in [-0.4, -0.2) is 33.7 Å². The molecule has 80 valence electrons. The lowest BCUT2D eigenvalue weighted by Gasteiger charge is -2.07. The van der Waals surface area contributed by atoms with Crippen molar-refractivity contribution < 1.29 is 10.2 Å². The molecule has 0 bridgehead atoms. The summed E-state index contributed by atoms with van der Waals surface area (Å²) in [6.07, 6.45) is 0.855. The molecule has 0 amide bonds. The molecular weight excluding hydrogens is 212 g/mol. The van der Waals surface area contributed by atoms with Gasteiger partial charge in [0.25, 0.3) is 0 Å². The van der Waals surface area contributed by atoms with Crippen molar-refractivity contribution in [1.82, 2.24) is 4.98 Å². The Morgan fingerprint density at radius 1 is 1.67 bits per heavy atom. The third-order valence-corrected chi connectivity index (χ3v) is 2.99. The first-order valence-electron chi connectivity index (χ1n) is 4.46. The highest BCUT2D eigenvalue weighted by atomic mass is 32.2. The molecule has 0 aliphatic heterocycles. The number of nitriles is 1. The maximum absolute atomic E-state index is 9.17. The zero-order chi connectivity index (χ0) is 11.3. The minimum atomic E-state index is -0.774. The number of aromatic nitrogens is 1. The van der Waals surface area contributed by atoms with Gasteiger partial charge < -0.3 is 10.2 Å². The van der Waals surface area contributed by atoms with Crippen molar-refractivity contribution in [2.45, 2.75) is 18.1 Å². The Hall–Kier alpha value is -1.09. The molecule has 1 heterocycles. The summed E-state index contributed by atoms with van der Waals surface area (Å²) in [5.74, 6) is 0.335. The van der Waals surface area contributed by atoms with Crippen molar-refractivity contribution in [2.75, 3.05) is 12.4 Å². The van der Waals surface area contributed by atoms with Gasteiger partial charge in [-0.1, -0.05) is 0 Å². The molecule has 0 aliphatic rings. The van der Waals surface area contributed by atoms with Crippen molar-refractivity contribution >= 4 is 11.8 Å². The van der Waals surface area contributed by atoms with Gasteiger partial charge >= 0.3 is 0 Å². The number of thioether (sulfide) groups is 1. The summed E-state index contributed by atoms with van der Waals surface area (Å²) in [6.45, 7) is 1.56. The Kier molecular flexibility index (Phi) is 4.56. The minimum Gasteiger partial charge on any atom is -0.394 e. The molecule has 4 nitrogen and oxygen atoms in total. The number of aliphatic hydroxyl groups is 2. The van der Waals surface area contributed by atoms with Gasteiger partial charge in [-0.05, 0) is 18.6 Å². The topological polar surface area (TPSA) is 77.1 Å². The zero-order valence-electron chi connectivity index (χ0n) is 8.34. The standard InChI is InChI=1S/C10H12N2O2S/c1-7-2-3-12-10(9(7)4-11)15-6-8(14)5-13/h2-3,8,13-14H,5-6H2,1H3. The second kappa shape index (κ2) is 5.71. The average molecular weight is 224 g/mol. The first-order valence-corrected chi connectivity index (χ1v) is 5.45. The lowest BCUT2D eigenvalue weighted by atomic mass is 10.2. The van der Waals surface area contributed by atoms with E-state index in [2.05, 4.69) is 11.1 Å². The van der Waals surface area contributed by atoms with Crippen molar-refractivity contribution in [2.24, 2.45) is 0 Å². The predicted molar refractivity (Wildman–Crippen MR) is 57.5 cm³/mol. The third-order valence-electron chi connectivity index (χ3n) is 1.86. The van der Waals surface area contributed by atoms with E-state index in [-0.39, 0.29) is 6.61 Å². The summed E-state index contributed by atoms with van der Waals surface area (Å²) in [7, 11) is 0. The molecule has 1 aromatic rings. The van der Waals surface area contributed by atoms with E-state index < -0.39 is 6.10 Å². The van der Waals surface area contributed by atoms with Crippen molar-refractivity contribution in [3.63, 3.8) is 0 Å². The summed E-state index contributed by atoms with van der Waals surface area (Å²) in [5, 5.41) is 27.3. The van der Waals surface area contributed by atoms with E-state index in [9.17, 15) is 5.11 Å². The van der Waals surface area contributed by atoms with Crippen LogP contribution >= 0.6 is 11.8 Å². The summed E-state index contributed by atoms with van der Waals surface area (Å²) >= 11 is 1.27. The van der Waals surface area contributed by atoms with Crippen LogP contribution in [0.25, 0.3) is 0 Å². The number of nitrogens with zero attached hydrogens (tertiary/aromatic N) is 2. The Balaban J connectivity index is 2.77. The summed E-state index contributed by atoms with van der Waals surface area (Å²) < 4.78 is 0. The maximum atomic E-state index is 9.17. The van der Waals surface area contributed by atoms with Crippen LogP contribution in [0.4, 0.5) is 0 Å². The molecule has 0 spiro atoms. The van der Waals surface area contributed by atoms with Crippen LogP contribution in [0.3, 0.4) is 0 Å². The van der Waals surface area contributed by atoms with Crippen LogP contribution in [-0.2, 0) is 0 Å². The van der Waals surface area contributed by atoms with Gasteiger partial charge in [0.15, 0.2) is 0 Å². The van der Waals surface area contributed by atoms with E-state index in [0.717, 1.165) is 5.56 Å². The summed E-state index contributed by atoms with van der Waals surface area (Å²) in [4.78, 5) is 4.06. The summed E-state index contributed by atoms with van der Waals surface area (Å²) in [6, 6.07) is 3.85. The highest BCUT2D eigenvalue weighted by Crippen LogP contribution is 2.22. The van der Waals surface area contributed by atoms with Crippen LogP contribution in [0, 0.1) is 18.3 Å². The maximum Gasteiger partial charge on any atom is 0.114 e. The van der Waals surface area contributed by atoms with Crippen LogP contribution < -0.4 is 0 Å². The molecular formula is C10H12N2O2S. The molecule has 1 aromatic heterocycles. The van der Waals surface area contributed by atoms with Crippen molar-refractivity contribution in [3.05, 3.63) is 23.4 Å². The average Bonchev–Trinajstić information content (AvgIpc) is 2.25. The van der Waals surface area contributed by atoms with E-state index in [1.165, 1.54) is 11.8 Å². The van der Waals surface area contributed by atoms with Gasteiger partial charge in [-0.15, -0.1) is 11.8 Å². The molecule has 0 aliphatic carbocycles. The number of hydrogen-bond donors (Lipinski definition) is 2. The fourth-order valence-electron chi connectivity index (χ4n) is 1.01. The number of aliphatic hydroxyl groups excluding tert-OH is 2. The predicted octanol–water partition coefficient (Wildman–Crippen LogP) is 0.707. The Bertz CT molecular complexity index is 376. The second-order valence-corrected chi connectivity index (χ2v) is 4.08. The van der Waals surface area contributed by atoms with Gasteiger partial charge in [-0.3, -0.25) is 0 Å². The second-order valence-electron chi connectivity index (χ2n) is 3.07. The van der Waals surface area contributed by atoms with Crippen LogP contribution in [0.1, 0.15) is 11.1 Å². The van der Waals surface area contributed by atoms with E-state index in [1.54, 1.807) is 12.3 Å². The fourth-order valence-corrected chi connectivity index (χ4v) is 1.95. The van der Waals surface area contributed by atoms with Crippen LogP contribution in [0.15, 0.2) is 17.3 Å². The van der Waals surface area contributed by atoms with E-state index in [1.807, 2.05) is 6.92 Å². The quantitative estimate of drug-likeness (QED) is 0.736. The Labute approximate surface area is 92.6 Å². The first-order chi connectivity index (χ1) is 7.19. The largest absolute Gasteiger partial charge is 0.394 e. The number of pyridine rings is 1. The van der Waals surface area contributed by atoms with Gasteiger partial charge in [-0.2, -0.15) is 5.26 Å². The first kappa shape index (κ1) is 12.0. The van der Waals surface area contributed by atoms with Gasteiger partial charge in [0.05, 0.1) is 18.3 Å². The van der Waals surface area contributed by atoms with Gasteiger partial charge in [-0.25, -0.2) is 4.98 Å². The molecule has 5 heteroatoms. The Morgan fingerprint density at radius 3 is 3.00 bits per heavy atom. The molecule has 2 N–H and O–H groups in total. The van der Waals surface area contributed by atoms with Crippen LogP contribution in [0.2, 0.25) is 0 Å². The lowest BCUT2D eigenvalue weighted by Crippen LogP contribution is -2.14. The highest BCUT2D eigenvalue weighted by Gasteiger charge is 2.09. The SMILES string of the molecule is Cc1ccnc(SCC(O)CO)c1C#N. The number of aryl methyl sites for hydroxylation is 1. The Morgan fingerprint density at radius 2 is 2.40 bits per heavy atom. The smallest absolute Gasteiger partial charge is 0.114 e. The lowest BCUT2D eigenvalue weighted by molar-refractivity contribution is 0.113. The van der Waals surface area contributed by atoms with Crippen molar-refractivity contribution in [3.8, 4) is 6.07 Å². The van der Waals surface area contributed by atoms with Gasteiger partial charge in [0, 0.05) is 11.9 Å². The molecule has 1 rings (SSSR count). The molecule has 15 heavy (non-hydrogen) atoms. The fraction of sp³-hybridized carbons (Fsp3) is 0.400. The molecule has 0 fully saturated rings.